The first-order valence-electron chi connectivity index (χ1n) is 8.91. The van der Waals surface area contributed by atoms with Crippen molar-refractivity contribution in [2.24, 2.45) is 0 Å². The van der Waals surface area contributed by atoms with Gasteiger partial charge in [0.25, 0.3) is 11.6 Å². The third-order valence-corrected chi connectivity index (χ3v) is 5.51. The molecule has 0 unspecified atom stereocenters. The Bertz CT molecular complexity index is 1010. The highest BCUT2D eigenvalue weighted by Gasteiger charge is 2.29. The van der Waals surface area contributed by atoms with Crippen molar-refractivity contribution >= 4 is 39.9 Å². The van der Waals surface area contributed by atoms with Crippen molar-refractivity contribution in [1.82, 2.24) is 0 Å². The van der Waals surface area contributed by atoms with Crippen LogP contribution >= 0.6 is 11.3 Å². The molecule has 0 bridgehead atoms. The Morgan fingerprint density at radius 2 is 2.03 bits per heavy atom. The molecule has 0 radical (unpaired) electrons. The summed E-state index contributed by atoms with van der Waals surface area (Å²) in [5.41, 5.74) is 0.670. The number of aryl methyl sites for hydroxylation is 1. The Hall–Kier alpha value is -3.27. The van der Waals surface area contributed by atoms with Crippen molar-refractivity contribution in [1.29, 1.82) is 0 Å². The molecule has 2 aromatic rings. The van der Waals surface area contributed by atoms with E-state index in [4.69, 9.17) is 9.47 Å². The summed E-state index contributed by atoms with van der Waals surface area (Å²) in [5.74, 6) is -2.03. The average Bonchev–Trinajstić information content (AvgIpc) is 3.22. The van der Waals surface area contributed by atoms with E-state index < -0.39 is 22.8 Å². The Morgan fingerprint density at radius 3 is 2.69 bits per heavy atom. The second-order valence-corrected chi connectivity index (χ2v) is 7.37. The van der Waals surface area contributed by atoms with Crippen molar-refractivity contribution in [2.45, 2.75) is 33.1 Å². The van der Waals surface area contributed by atoms with Crippen molar-refractivity contribution in [3.05, 3.63) is 49.9 Å². The molecule has 29 heavy (non-hydrogen) atoms. The van der Waals surface area contributed by atoms with Gasteiger partial charge in [-0.15, -0.1) is 11.3 Å². The van der Waals surface area contributed by atoms with Gasteiger partial charge in [-0.05, 0) is 37.8 Å². The first kappa shape index (κ1) is 20.5. The normalized spacial score (nSPS) is 12.2. The number of hydrogen-bond acceptors (Lipinski definition) is 8. The van der Waals surface area contributed by atoms with Gasteiger partial charge in [0.15, 0.2) is 0 Å². The molecule has 1 aromatic heterocycles. The number of esters is 2. The second-order valence-electron chi connectivity index (χ2n) is 6.27. The highest BCUT2D eigenvalue weighted by Crippen LogP contribution is 2.40. The van der Waals surface area contributed by atoms with Gasteiger partial charge in [0.05, 0.1) is 22.7 Å². The van der Waals surface area contributed by atoms with E-state index >= 15 is 0 Å². The molecule has 1 amide bonds. The smallest absolute Gasteiger partial charge is 0.341 e. The molecular weight excluding hydrogens is 400 g/mol. The zero-order valence-electron chi connectivity index (χ0n) is 15.8. The van der Waals surface area contributed by atoms with Crippen molar-refractivity contribution in [3.63, 3.8) is 0 Å². The molecule has 0 fully saturated rings. The van der Waals surface area contributed by atoms with E-state index in [-0.39, 0.29) is 23.6 Å². The van der Waals surface area contributed by atoms with Crippen LogP contribution in [0.25, 0.3) is 0 Å². The van der Waals surface area contributed by atoms with Crippen molar-refractivity contribution in [3.8, 4) is 5.75 Å². The molecule has 0 saturated heterocycles. The number of nitro groups is 1. The second kappa shape index (κ2) is 8.39. The maximum atomic E-state index is 12.9. The molecule has 0 spiro atoms. The molecule has 3 rings (SSSR count). The van der Waals surface area contributed by atoms with E-state index in [0.29, 0.717) is 17.0 Å². The van der Waals surface area contributed by atoms with Crippen LogP contribution in [-0.4, -0.2) is 29.4 Å². The van der Waals surface area contributed by atoms with E-state index in [1.165, 1.54) is 17.4 Å². The number of anilines is 1. The topological polar surface area (TPSA) is 125 Å². The SMILES string of the molecule is CCOC(=O)c1c(NC(=O)c2cc([N+](=O)[O-])ccc2OC(C)=O)sc2c1CCC2. The van der Waals surface area contributed by atoms with Crippen LogP contribution < -0.4 is 10.1 Å². The highest BCUT2D eigenvalue weighted by molar-refractivity contribution is 7.17. The van der Waals surface area contributed by atoms with E-state index in [0.717, 1.165) is 42.3 Å². The number of rotatable bonds is 6. The third kappa shape index (κ3) is 4.27. The minimum atomic E-state index is -0.726. The highest BCUT2D eigenvalue weighted by atomic mass is 32.1. The lowest BCUT2D eigenvalue weighted by atomic mass is 10.1. The fraction of sp³-hybridized carbons (Fsp3) is 0.316. The molecule has 152 valence electrons. The summed E-state index contributed by atoms with van der Waals surface area (Å²) in [4.78, 5) is 48.1. The predicted octanol–water partition coefficient (Wildman–Crippen LogP) is 3.50. The number of fused-ring (bicyclic) bond motifs is 1. The van der Waals surface area contributed by atoms with E-state index in [2.05, 4.69) is 5.32 Å². The number of amides is 1. The van der Waals surface area contributed by atoms with Gasteiger partial charge in [0.1, 0.15) is 10.8 Å². The van der Waals surface area contributed by atoms with Gasteiger partial charge in [-0.1, -0.05) is 0 Å². The molecule has 1 heterocycles. The van der Waals surface area contributed by atoms with Gasteiger partial charge in [-0.25, -0.2) is 4.79 Å². The van der Waals surface area contributed by atoms with E-state index in [9.17, 15) is 24.5 Å². The summed E-state index contributed by atoms with van der Waals surface area (Å²) >= 11 is 1.28. The summed E-state index contributed by atoms with van der Waals surface area (Å²) < 4.78 is 10.1. The monoisotopic (exact) mass is 418 g/mol. The number of benzene rings is 1. The van der Waals surface area contributed by atoms with Crippen LogP contribution in [0.4, 0.5) is 10.7 Å². The first-order valence-corrected chi connectivity index (χ1v) is 9.73. The van der Waals surface area contributed by atoms with Crippen LogP contribution in [0.3, 0.4) is 0 Å². The van der Waals surface area contributed by atoms with Crippen LogP contribution in [-0.2, 0) is 22.4 Å². The molecule has 9 nitrogen and oxygen atoms in total. The quantitative estimate of drug-likeness (QED) is 0.329. The van der Waals surface area contributed by atoms with Gasteiger partial charge in [-0.2, -0.15) is 0 Å². The lowest BCUT2D eigenvalue weighted by Crippen LogP contribution is -2.17. The fourth-order valence-corrected chi connectivity index (χ4v) is 4.41. The van der Waals surface area contributed by atoms with E-state index in [1.54, 1.807) is 6.92 Å². The number of carbonyl (C=O) groups excluding carboxylic acids is 3. The summed E-state index contributed by atoms with van der Waals surface area (Å²) in [6.45, 7) is 3.04. The molecule has 1 N–H and O–H groups in total. The molecule has 10 heteroatoms. The Balaban J connectivity index is 1.98. The van der Waals surface area contributed by atoms with Gasteiger partial charge in [0, 0.05) is 23.9 Å². The molecule has 1 aliphatic rings. The van der Waals surface area contributed by atoms with Crippen LogP contribution in [0.1, 0.15) is 51.4 Å². The average molecular weight is 418 g/mol. The summed E-state index contributed by atoms with van der Waals surface area (Å²) in [5, 5.41) is 14.0. The number of nitrogens with zero attached hydrogens (tertiary/aromatic N) is 1. The zero-order chi connectivity index (χ0) is 21.1. The van der Waals surface area contributed by atoms with Gasteiger partial charge in [-0.3, -0.25) is 19.7 Å². The van der Waals surface area contributed by atoms with E-state index in [1.807, 2.05) is 0 Å². The van der Waals surface area contributed by atoms with Gasteiger partial charge in [0.2, 0.25) is 0 Å². The third-order valence-electron chi connectivity index (χ3n) is 4.30. The minimum Gasteiger partial charge on any atom is -0.462 e. The molecule has 1 aliphatic carbocycles. The molecule has 0 aliphatic heterocycles. The van der Waals surface area contributed by atoms with Crippen LogP contribution in [0, 0.1) is 10.1 Å². The summed E-state index contributed by atoms with van der Waals surface area (Å²) in [7, 11) is 0. The van der Waals surface area contributed by atoms with Crippen LogP contribution in [0.2, 0.25) is 0 Å². The van der Waals surface area contributed by atoms with Gasteiger partial charge < -0.3 is 14.8 Å². The molecule has 1 aromatic carbocycles. The van der Waals surface area contributed by atoms with Crippen LogP contribution in [0.15, 0.2) is 18.2 Å². The van der Waals surface area contributed by atoms with Crippen molar-refractivity contribution in [2.75, 3.05) is 11.9 Å². The number of non-ortho nitro benzene ring substituents is 1. The lowest BCUT2D eigenvalue weighted by molar-refractivity contribution is -0.384. The Kier molecular flexibility index (Phi) is 5.92. The number of carbonyl (C=O) groups is 3. The molecule has 0 atom stereocenters. The standard InChI is InChI=1S/C19H18N2O7S/c1-3-27-19(24)16-12-5-4-6-15(12)29-18(16)20-17(23)13-9-11(21(25)26)7-8-14(13)28-10(2)22/h7-9H,3-6H2,1-2H3,(H,20,23). The maximum Gasteiger partial charge on any atom is 0.341 e. The summed E-state index contributed by atoms with van der Waals surface area (Å²) in [6.07, 6.45) is 2.44. The minimum absolute atomic E-state index is 0.109. The number of nitrogens with one attached hydrogen (secondary N) is 1. The number of ether oxygens (including phenoxy) is 2. The largest absolute Gasteiger partial charge is 0.462 e. The number of nitro benzene ring substituents is 1. The predicted molar refractivity (Wildman–Crippen MR) is 105 cm³/mol. The summed E-state index contributed by atoms with van der Waals surface area (Å²) in [6, 6.07) is 3.35. The van der Waals surface area contributed by atoms with Gasteiger partial charge >= 0.3 is 11.9 Å². The fourth-order valence-electron chi connectivity index (χ4n) is 3.13. The number of hydrogen-bond donors (Lipinski definition) is 1. The van der Waals surface area contributed by atoms with Crippen molar-refractivity contribution < 1.29 is 28.8 Å². The first-order chi connectivity index (χ1) is 13.8. The maximum absolute atomic E-state index is 12.9. The Morgan fingerprint density at radius 1 is 1.28 bits per heavy atom. The molecule has 0 saturated carbocycles. The zero-order valence-corrected chi connectivity index (χ0v) is 16.6. The lowest BCUT2D eigenvalue weighted by Gasteiger charge is -2.11. The Labute approximate surface area is 169 Å². The molecular formula is C19H18N2O7S. The number of thiophene rings is 1. The van der Waals surface area contributed by atoms with Crippen LogP contribution in [0.5, 0.6) is 5.75 Å².